The molecule has 1 fully saturated rings. The van der Waals surface area contributed by atoms with E-state index >= 15 is 0 Å². The zero-order valence-corrected chi connectivity index (χ0v) is 14.2. The summed E-state index contributed by atoms with van der Waals surface area (Å²) in [4.78, 5) is 12.3. The van der Waals surface area contributed by atoms with Crippen LogP contribution in [-0.4, -0.2) is 17.0 Å². The Morgan fingerprint density at radius 2 is 1.60 bits per heavy atom. The molecule has 3 heteroatoms. The minimum Gasteiger partial charge on any atom is -0.355 e. The molecule has 2 aromatic carbocycles. The lowest BCUT2D eigenvalue weighted by Gasteiger charge is -2.16. The average molecular weight is 330 g/mol. The van der Waals surface area contributed by atoms with Gasteiger partial charge in [0.15, 0.2) is 0 Å². The van der Waals surface area contributed by atoms with Gasteiger partial charge in [0.2, 0.25) is 5.91 Å². The summed E-state index contributed by atoms with van der Waals surface area (Å²) in [5.41, 5.74) is 3.65. The van der Waals surface area contributed by atoms with Crippen LogP contribution in [0.1, 0.15) is 24.0 Å². The Kier molecular flexibility index (Phi) is 4.14. The quantitative estimate of drug-likeness (QED) is 0.731. The predicted molar refractivity (Wildman–Crippen MR) is 99.8 cm³/mol. The third-order valence-corrected chi connectivity index (χ3v) is 5.07. The van der Waals surface area contributed by atoms with Crippen molar-refractivity contribution in [1.29, 1.82) is 0 Å². The molecule has 1 aromatic heterocycles. The fourth-order valence-electron chi connectivity index (χ4n) is 3.32. The smallest absolute Gasteiger partial charge is 0.224 e. The van der Waals surface area contributed by atoms with Gasteiger partial charge in [0.05, 0.1) is 6.42 Å². The van der Waals surface area contributed by atoms with Crippen molar-refractivity contribution in [3.05, 3.63) is 90.3 Å². The first-order chi connectivity index (χ1) is 12.3. The van der Waals surface area contributed by atoms with Crippen LogP contribution in [0.4, 0.5) is 0 Å². The number of carbonyl (C=O) groups is 1. The molecule has 3 nitrogen and oxygen atoms in total. The molecule has 0 radical (unpaired) electrons. The van der Waals surface area contributed by atoms with Crippen LogP contribution < -0.4 is 5.32 Å². The van der Waals surface area contributed by atoms with E-state index in [1.54, 1.807) is 0 Å². The SMILES string of the molecule is O=C(Cc1ccc(-n2cccc2)cc1)NCC1(c2ccccc2)CC1. The van der Waals surface area contributed by atoms with Gasteiger partial charge in [0.25, 0.3) is 0 Å². The number of aromatic nitrogens is 1. The molecular weight excluding hydrogens is 308 g/mol. The van der Waals surface area contributed by atoms with Crippen molar-refractivity contribution in [2.24, 2.45) is 0 Å². The average Bonchev–Trinajstić information content (AvgIpc) is 3.25. The Hall–Kier alpha value is -2.81. The van der Waals surface area contributed by atoms with Crippen molar-refractivity contribution in [3.8, 4) is 5.69 Å². The zero-order chi connectivity index (χ0) is 17.1. The molecule has 0 unspecified atom stereocenters. The lowest BCUT2D eigenvalue weighted by atomic mass is 9.96. The van der Waals surface area contributed by atoms with Gasteiger partial charge in [-0.15, -0.1) is 0 Å². The van der Waals surface area contributed by atoms with Crippen LogP contribution in [-0.2, 0) is 16.6 Å². The number of amides is 1. The summed E-state index contributed by atoms with van der Waals surface area (Å²) in [7, 11) is 0. The monoisotopic (exact) mass is 330 g/mol. The number of carbonyl (C=O) groups excluding carboxylic acids is 1. The van der Waals surface area contributed by atoms with Crippen LogP contribution in [0.5, 0.6) is 0 Å². The van der Waals surface area contributed by atoms with Gasteiger partial charge in [0.1, 0.15) is 0 Å². The second-order valence-corrected chi connectivity index (χ2v) is 6.86. The Morgan fingerprint density at radius 1 is 0.920 bits per heavy atom. The second kappa shape index (κ2) is 6.60. The van der Waals surface area contributed by atoms with E-state index in [1.165, 1.54) is 5.56 Å². The summed E-state index contributed by atoms with van der Waals surface area (Å²) in [5, 5.41) is 3.13. The molecule has 0 aliphatic heterocycles. The van der Waals surface area contributed by atoms with Crippen LogP contribution in [0.2, 0.25) is 0 Å². The van der Waals surface area contributed by atoms with Crippen LogP contribution >= 0.6 is 0 Å². The summed E-state index contributed by atoms with van der Waals surface area (Å²) < 4.78 is 2.06. The fraction of sp³-hybridized carbons (Fsp3) is 0.227. The van der Waals surface area contributed by atoms with Crippen molar-refractivity contribution < 1.29 is 4.79 Å². The molecule has 1 aliphatic rings. The maximum absolute atomic E-state index is 12.3. The van der Waals surface area contributed by atoms with Gasteiger partial charge in [-0.1, -0.05) is 42.5 Å². The molecule has 0 bridgehead atoms. The number of rotatable bonds is 6. The number of benzene rings is 2. The van der Waals surface area contributed by atoms with Gasteiger partial charge in [-0.3, -0.25) is 4.79 Å². The Labute approximate surface area is 148 Å². The maximum atomic E-state index is 12.3. The van der Waals surface area contributed by atoms with Crippen LogP contribution in [0.15, 0.2) is 79.1 Å². The molecule has 0 spiro atoms. The van der Waals surface area contributed by atoms with Gasteiger partial charge < -0.3 is 9.88 Å². The fourth-order valence-corrected chi connectivity index (χ4v) is 3.32. The van der Waals surface area contributed by atoms with Crippen LogP contribution in [0.3, 0.4) is 0 Å². The highest BCUT2D eigenvalue weighted by Gasteiger charge is 2.44. The molecule has 25 heavy (non-hydrogen) atoms. The highest BCUT2D eigenvalue weighted by molar-refractivity contribution is 5.78. The van der Waals surface area contributed by atoms with Crippen molar-refractivity contribution in [2.75, 3.05) is 6.54 Å². The standard InChI is InChI=1S/C22H22N2O/c25-21(23-17-22(12-13-22)19-6-2-1-3-7-19)16-18-8-10-20(11-9-18)24-14-4-5-15-24/h1-11,14-15H,12-13,16-17H2,(H,23,25). The van der Waals surface area contributed by atoms with E-state index in [0.29, 0.717) is 6.42 Å². The molecule has 3 aromatic rings. The van der Waals surface area contributed by atoms with Gasteiger partial charge in [-0.05, 0) is 48.2 Å². The Morgan fingerprint density at radius 3 is 2.24 bits per heavy atom. The molecule has 1 N–H and O–H groups in total. The third-order valence-electron chi connectivity index (χ3n) is 5.07. The Balaban J connectivity index is 1.34. The second-order valence-electron chi connectivity index (χ2n) is 6.86. The van der Waals surface area contributed by atoms with E-state index in [0.717, 1.165) is 30.6 Å². The largest absolute Gasteiger partial charge is 0.355 e. The molecule has 1 amide bonds. The molecule has 0 saturated heterocycles. The summed E-state index contributed by atoms with van der Waals surface area (Å²) in [6.07, 6.45) is 6.77. The number of hydrogen-bond acceptors (Lipinski definition) is 1. The number of nitrogens with zero attached hydrogens (tertiary/aromatic N) is 1. The molecular formula is C22H22N2O. The predicted octanol–water partition coefficient (Wildman–Crippen LogP) is 3.87. The van der Waals surface area contributed by atoms with Gasteiger partial charge in [0, 0.05) is 30.0 Å². The topological polar surface area (TPSA) is 34.0 Å². The van der Waals surface area contributed by atoms with Gasteiger partial charge >= 0.3 is 0 Å². The molecule has 4 rings (SSSR count). The van der Waals surface area contributed by atoms with E-state index in [9.17, 15) is 4.79 Å². The first-order valence-corrected chi connectivity index (χ1v) is 8.80. The highest BCUT2D eigenvalue weighted by Crippen LogP contribution is 2.47. The van der Waals surface area contributed by atoms with Crippen LogP contribution in [0, 0.1) is 0 Å². The maximum Gasteiger partial charge on any atom is 0.224 e. The van der Waals surface area contributed by atoms with Crippen molar-refractivity contribution in [1.82, 2.24) is 9.88 Å². The normalized spacial score (nSPS) is 14.9. The number of nitrogens with one attached hydrogen (secondary N) is 1. The lowest BCUT2D eigenvalue weighted by Crippen LogP contribution is -2.33. The summed E-state index contributed by atoms with van der Waals surface area (Å²) in [6.45, 7) is 0.733. The number of hydrogen-bond donors (Lipinski definition) is 1. The molecule has 0 atom stereocenters. The van der Waals surface area contributed by atoms with Crippen molar-refractivity contribution >= 4 is 5.91 Å². The molecule has 1 heterocycles. The first kappa shape index (κ1) is 15.7. The molecule has 1 saturated carbocycles. The first-order valence-electron chi connectivity index (χ1n) is 8.80. The van der Waals surface area contributed by atoms with Crippen molar-refractivity contribution in [3.63, 3.8) is 0 Å². The highest BCUT2D eigenvalue weighted by atomic mass is 16.1. The van der Waals surface area contributed by atoms with E-state index in [4.69, 9.17) is 0 Å². The van der Waals surface area contributed by atoms with E-state index in [-0.39, 0.29) is 11.3 Å². The van der Waals surface area contributed by atoms with Crippen molar-refractivity contribution in [2.45, 2.75) is 24.7 Å². The minimum atomic E-state index is 0.0934. The lowest BCUT2D eigenvalue weighted by molar-refractivity contribution is -0.120. The molecule has 126 valence electrons. The summed E-state index contributed by atoms with van der Waals surface area (Å²) >= 11 is 0. The summed E-state index contributed by atoms with van der Waals surface area (Å²) in [5.74, 6) is 0.0934. The Bertz CT molecular complexity index is 832. The van der Waals surface area contributed by atoms with Gasteiger partial charge in [-0.2, -0.15) is 0 Å². The third kappa shape index (κ3) is 3.50. The van der Waals surface area contributed by atoms with Gasteiger partial charge in [-0.25, -0.2) is 0 Å². The summed E-state index contributed by atoms with van der Waals surface area (Å²) in [6, 6.07) is 22.7. The minimum absolute atomic E-state index is 0.0934. The molecule has 1 aliphatic carbocycles. The van der Waals surface area contributed by atoms with E-state index in [1.807, 2.05) is 42.7 Å². The zero-order valence-electron chi connectivity index (χ0n) is 14.2. The van der Waals surface area contributed by atoms with E-state index < -0.39 is 0 Å². The van der Waals surface area contributed by atoms with E-state index in [2.05, 4.69) is 46.3 Å². The van der Waals surface area contributed by atoms with Crippen LogP contribution in [0.25, 0.3) is 5.69 Å².